The fourth-order valence-corrected chi connectivity index (χ4v) is 2.46. The molecule has 0 unspecified atom stereocenters. The minimum absolute atomic E-state index is 0.695. The van der Waals surface area contributed by atoms with Crippen LogP contribution >= 0.6 is 0 Å². The number of ether oxygens (including phenoxy) is 4. The van der Waals surface area contributed by atoms with Crippen LogP contribution in [0.25, 0.3) is 0 Å². The Kier molecular flexibility index (Phi) is 8.16. The molecule has 0 bridgehead atoms. The largest absolute Gasteiger partial charge is 0.493 e. The molecule has 2 aromatic carbocycles. The molecule has 0 aliphatic heterocycles. The second kappa shape index (κ2) is 10.9. The van der Waals surface area contributed by atoms with E-state index in [0.717, 1.165) is 17.5 Å². The Hall–Kier alpha value is -3.02. The summed E-state index contributed by atoms with van der Waals surface area (Å²) < 4.78 is 21.0. The van der Waals surface area contributed by atoms with E-state index < -0.39 is 0 Å². The molecule has 0 N–H and O–H groups in total. The Morgan fingerprint density at radius 2 is 1.04 bits per heavy atom. The van der Waals surface area contributed by atoms with Crippen LogP contribution in [-0.2, 0) is 0 Å². The second-order valence-electron chi connectivity index (χ2n) is 5.65. The van der Waals surface area contributed by atoms with Gasteiger partial charge in [-0.2, -0.15) is 0 Å². The predicted molar refractivity (Wildman–Crippen MR) is 109 cm³/mol. The maximum Gasteiger partial charge on any atom is 0.161 e. The van der Waals surface area contributed by atoms with Gasteiger partial charge in [0.05, 0.1) is 28.4 Å². The van der Waals surface area contributed by atoms with E-state index in [9.17, 15) is 0 Å². The van der Waals surface area contributed by atoms with Crippen LogP contribution in [0.4, 0.5) is 0 Å². The number of nitrogens with zero attached hydrogens (tertiary/aromatic N) is 2. The fourth-order valence-electron chi connectivity index (χ4n) is 2.46. The average molecular weight is 370 g/mol. The molecule has 6 nitrogen and oxygen atoms in total. The maximum absolute atomic E-state index is 5.29. The summed E-state index contributed by atoms with van der Waals surface area (Å²) in [6.07, 6.45) is 4.54. The molecule has 0 aliphatic carbocycles. The van der Waals surface area contributed by atoms with E-state index in [-0.39, 0.29) is 0 Å². The molecular formula is C21H26N2O4. The van der Waals surface area contributed by atoms with Crippen LogP contribution in [0.2, 0.25) is 0 Å². The summed E-state index contributed by atoms with van der Waals surface area (Å²) in [5, 5.41) is 0. The smallest absolute Gasteiger partial charge is 0.161 e. The summed E-state index contributed by atoms with van der Waals surface area (Å²) in [6, 6.07) is 11.4. The van der Waals surface area contributed by atoms with Crippen LogP contribution in [0, 0.1) is 0 Å². The molecule has 0 saturated heterocycles. The number of aliphatic imine (C=N–C) groups is 2. The standard InChI is InChI=1S/C21H26N2O4/c1-24-18-8-6-16(12-20(18)26-3)14-22-10-5-11-23-15-17-7-9-19(25-2)21(13-17)27-4/h6-9,12-15H,5,10-11H2,1-4H3. The molecule has 0 radical (unpaired) electrons. The van der Waals surface area contributed by atoms with Crippen molar-refractivity contribution in [3.8, 4) is 23.0 Å². The highest BCUT2D eigenvalue weighted by atomic mass is 16.5. The molecule has 0 fully saturated rings. The van der Waals surface area contributed by atoms with Gasteiger partial charge in [0.25, 0.3) is 0 Å². The molecule has 2 aromatic rings. The summed E-state index contributed by atoms with van der Waals surface area (Å²) in [7, 11) is 6.48. The normalized spacial score (nSPS) is 11.1. The van der Waals surface area contributed by atoms with E-state index in [0.29, 0.717) is 36.1 Å². The van der Waals surface area contributed by atoms with Gasteiger partial charge in [-0.3, -0.25) is 9.98 Å². The lowest BCUT2D eigenvalue weighted by molar-refractivity contribution is 0.355. The van der Waals surface area contributed by atoms with Crippen LogP contribution in [0.3, 0.4) is 0 Å². The zero-order chi connectivity index (χ0) is 19.5. The van der Waals surface area contributed by atoms with E-state index in [2.05, 4.69) is 9.98 Å². The van der Waals surface area contributed by atoms with Crippen molar-refractivity contribution in [2.24, 2.45) is 9.98 Å². The van der Waals surface area contributed by atoms with Crippen LogP contribution in [-0.4, -0.2) is 54.0 Å². The Morgan fingerprint density at radius 3 is 1.41 bits per heavy atom. The van der Waals surface area contributed by atoms with Gasteiger partial charge in [0, 0.05) is 25.5 Å². The van der Waals surface area contributed by atoms with Gasteiger partial charge in [0.15, 0.2) is 23.0 Å². The van der Waals surface area contributed by atoms with Crippen molar-refractivity contribution in [3.05, 3.63) is 47.5 Å². The molecule has 0 aromatic heterocycles. The molecule has 6 heteroatoms. The van der Waals surface area contributed by atoms with Crippen molar-refractivity contribution < 1.29 is 18.9 Å². The van der Waals surface area contributed by atoms with Crippen LogP contribution in [0.15, 0.2) is 46.4 Å². The first-order valence-corrected chi connectivity index (χ1v) is 8.65. The van der Waals surface area contributed by atoms with Gasteiger partial charge in [-0.25, -0.2) is 0 Å². The minimum Gasteiger partial charge on any atom is -0.493 e. The van der Waals surface area contributed by atoms with E-state index in [1.165, 1.54) is 0 Å². The summed E-state index contributed by atoms with van der Waals surface area (Å²) >= 11 is 0. The van der Waals surface area contributed by atoms with Gasteiger partial charge in [-0.05, 0) is 53.9 Å². The van der Waals surface area contributed by atoms with Crippen molar-refractivity contribution in [2.45, 2.75) is 6.42 Å². The highest BCUT2D eigenvalue weighted by Crippen LogP contribution is 2.27. The molecule has 0 aliphatic rings. The Labute approximate surface area is 160 Å². The second-order valence-corrected chi connectivity index (χ2v) is 5.65. The highest BCUT2D eigenvalue weighted by Gasteiger charge is 2.03. The average Bonchev–Trinajstić information content (AvgIpc) is 2.72. The van der Waals surface area contributed by atoms with E-state index in [1.54, 1.807) is 28.4 Å². The number of hydrogen-bond acceptors (Lipinski definition) is 6. The first-order chi connectivity index (χ1) is 13.2. The predicted octanol–water partition coefficient (Wildman–Crippen LogP) is 3.65. The molecule has 0 saturated carbocycles. The molecule has 0 spiro atoms. The monoisotopic (exact) mass is 370 g/mol. The Bertz CT molecular complexity index is 722. The third kappa shape index (κ3) is 6.02. The van der Waals surface area contributed by atoms with Gasteiger partial charge in [-0.15, -0.1) is 0 Å². The van der Waals surface area contributed by atoms with E-state index >= 15 is 0 Å². The van der Waals surface area contributed by atoms with Crippen molar-refractivity contribution in [1.82, 2.24) is 0 Å². The lowest BCUT2D eigenvalue weighted by Crippen LogP contribution is -1.94. The molecule has 144 valence electrons. The van der Waals surface area contributed by atoms with Crippen LogP contribution < -0.4 is 18.9 Å². The topological polar surface area (TPSA) is 61.6 Å². The summed E-state index contributed by atoms with van der Waals surface area (Å²) in [5.74, 6) is 2.81. The third-order valence-corrected chi connectivity index (χ3v) is 3.87. The van der Waals surface area contributed by atoms with Gasteiger partial charge >= 0.3 is 0 Å². The minimum atomic E-state index is 0.695. The molecular weight excluding hydrogens is 344 g/mol. The number of rotatable bonds is 10. The first-order valence-electron chi connectivity index (χ1n) is 8.65. The third-order valence-electron chi connectivity index (χ3n) is 3.87. The molecule has 27 heavy (non-hydrogen) atoms. The molecule has 0 amide bonds. The Balaban J connectivity index is 1.80. The van der Waals surface area contributed by atoms with Gasteiger partial charge in [0.1, 0.15) is 0 Å². The van der Waals surface area contributed by atoms with Crippen molar-refractivity contribution in [2.75, 3.05) is 41.5 Å². The number of benzene rings is 2. The highest BCUT2D eigenvalue weighted by molar-refractivity contribution is 5.81. The van der Waals surface area contributed by atoms with Crippen LogP contribution in [0.1, 0.15) is 17.5 Å². The van der Waals surface area contributed by atoms with Gasteiger partial charge in [0.2, 0.25) is 0 Å². The number of methoxy groups -OCH3 is 4. The van der Waals surface area contributed by atoms with Crippen LogP contribution in [0.5, 0.6) is 23.0 Å². The van der Waals surface area contributed by atoms with Crippen molar-refractivity contribution in [3.63, 3.8) is 0 Å². The van der Waals surface area contributed by atoms with Crippen molar-refractivity contribution >= 4 is 12.4 Å². The van der Waals surface area contributed by atoms with Crippen molar-refractivity contribution in [1.29, 1.82) is 0 Å². The van der Waals surface area contributed by atoms with E-state index in [1.807, 2.05) is 48.8 Å². The van der Waals surface area contributed by atoms with E-state index in [4.69, 9.17) is 18.9 Å². The quantitative estimate of drug-likeness (QED) is 0.473. The fraction of sp³-hybridized carbons (Fsp3) is 0.333. The zero-order valence-electron chi connectivity index (χ0n) is 16.3. The molecule has 2 rings (SSSR count). The SMILES string of the molecule is COc1ccc(C=NCCCN=Cc2ccc(OC)c(OC)c2)cc1OC. The Morgan fingerprint density at radius 1 is 0.630 bits per heavy atom. The summed E-state index contributed by atoms with van der Waals surface area (Å²) in [5.41, 5.74) is 1.95. The lowest BCUT2D eigenvalue weighted by Gasteiger charge is -2.07. The lowest BCUT2D eigenvalue weighted by atomic mass is 10.2. The van der Waals surface area contributed by atoms with Gasteiger partial charge < -0.3 is 18.9 Å². The van der Waals surface area contributed by atoms with Gasteiger partial charge in [-0.1, -0.05) is 0 Å². The first kappa shape index (κ1) is 20.3. The summed E-state index contributed by atoms with van der Waals surface area (Å²) in [6.45, 7) is 1.41. The number of hydrogen-bond donors (Lipinski definition) is 0. The molecule has 0 heterocycles. The summed E-state index contributed by atoms with van der Waals surface area (Å²) in [4.78, 5) is 8.87. The molecule has 0 atom stereocenters. The zero-order valence-corrected chi connectivity index (χ0v) is 16.3. The maximum atomic E-state index is 5.29.